The van der Waals surface area contributed by atoms with Crippen LogP contribution in [-0.4, -0.2) is 67.8 Å². The highest BCUT2D eigenvalue weighted by Gasteiger charge is 2.45. The molecule has 0 bridgehead atoms. The van der Waals surface area contributed by atoms with E-state index in [1.807, 2.05) is 4.90 Å². The van der Waals surface area contributed by atoms with Crippen LogP contribution in [0, 0.1) is 0 Å². The maximum atomic E-state index is 12.7. The first kappa shape index (κ1) is 14.7. The van der Waals surface area contributed by atoms with Crippen molar-refractivity contribution < 1.29 is 13.9 Å². The highest BCUT2D eigenvalue weighted by Crippen LogP contribution is 2.38. The molecule has 2 aliphatic rings. The molecule has 2 aliphatic heterocycles. The van der Waals surface area contributed by atoms with Gasteiger partial charge in [-0.3, -0.25) is 4.79 Å². The van der Waals surface area contributed by atoms with Crippen molar-refractivity contribution in [3.63, 3.8) is 0 Å². The van der Waals surface area contributed by atoms with Crippen LogP contribution in [0.4, 0.5) is 4.39 Å². The maximum Gasteiger partial charge on any atom is 0.223 e. The summed E-state index contributed by atoms with van der Waals surface area (Å²) in [6.45, 7) is 3.59. The number of halogens is 1. The van der Waals surface area contributed by atoms with Crippen LogP contribution in [-0.2, 0) is 9.53 Å². The lowest BCUT2D eigenvalue weighted by molar-refractivity contribution is -0.131. The summed E-state index contributed by atoms with van der Waals surface area (Å²) < 4.78 is 17.8. The normalized spacial score (nSPS) is 29.2. The molecule has 19 heavy (non-hydrogen) atoms. The molecule has 0 aromatic heterocycles. The Kier molecular flexibility index (Phi) is 5.16. The van der Waals surface area contributed by atoms with Crippen LogP contribution in [0.15, 0.2) is 0 Å². The molecule has 2 saturated heterocycles. The van der Waals surface area contributed by atoms with Crippen molar-refractivity contribution in [2.24, 2.45) is 0 Å². The van der Waals surface area contributed by atoms with E-state index in [2.05, 4.69) is 4.90 Å². The van der Waals surface area contributed by atoms with Crippen LogP contribution in [0.3, 0.4) is 0 Å². The van der Waals surface area contributed by atoms with Gasteiger partial charge in [-0.05, 0) is 32.2 Å². The van der Waals surface area contributed by atoms with Gasteiger partial charge in [0, 0.05) is 38.7 Å². The largest absolute Gasteiger partial charge is 0.383 e. The molecular weight excluding hydrogens is 247 g/mol. The van der Waals surface area contributed by atoms with E-state index in [1.165, 1.54) is 0 Å². The topological polar surface area (TPSA) is 32.8 Å². The first-order chi connectivity index (χ1) is 9.22. The lowest BCUT2D eigenvalue weighted by Gasteiger charge is -2.37. The van der Waals surface area contributed by atoms with Crippen molar-refractivity contribution in [1.82, 2.24) is 9.80 Å². The Labute approximate surface area is 114 Å². The fourth-order valence-electron chi connectivity index (χ4n) is 3.52. The Balaban J connectivity index is 1.98. The van der Waals surface area contributed by atoms with Gasteiger partial charge >= 0.3 is 0 Å². The van der Waals surface area contributed by atoms with Crippen LogP contribution in [0.5, 0.6) is 0 Å². The van der Waals surface area contributed by atoms with Crippen LogP contribution < -0.4 is 0 Å². The van der Waals surface area contributed by atoms with Gasteiger partial charge in [-0.15, -0.1) is 0 Å². The number of amides is 1. The molecule has 4 nitrogen and oxygen atoms in total. The van der Waals surface area contributed by atoms with Gasteiger partial charge in [-0.25, -0.2) is 4.39 Å². The molecule has 0 radical (unpaired) electrons. The Morgan fingerprint density at radius 3 is 2.84 bits per heavy atom. The predicted octanol–water partition coefficient (Wildman–Crippen LogP) is 1.45. The van der Waals surface area contributed by atoms with Gasteiger partial charge in [0.1, 0.15) is 6.67 Å². The third-order valence-electron chi connectivity index (χ3n) is 4.61. The highest BCUT2D eigenvalue weighted by molar-refractivity contribution is 5.79. The minimum Gasteiger partial charge on any atom is -0.383 e. The van der Waals surface area contributed by atoms with Crippen molar-refractivity contribution in [1.29, 1.82) is 0 Å². The molecule has 2 rings (SSSR count). The Bertz CT molecular complexity index is 314. The highest BCUT2D eigenvalue weighted by atomic mass is 19.1. The third kappa shape index (κ3) is 3.26. The SMILES string of the molecule is COCCN1CCCC2(CCC(=O)N2CCF)CC1. The number of carbonyl (C=O) groups is 1. The molecule has 110 valence electrons. The first-order valence-corrected chi connectivity index (χ1v) is 7.29. The Hall–Kier alpha value is -0.680. The minimum atomic E-state index is -0.430. The standard InChI is InChI=1S/C14H25FN2O2/c1-19-12-11-16-8-2-4-14(6-9-16)5-3-13(18)17(14)10-7-15/h2-12H2,1H3. The van der Waals surface area contributed by atoms with Gasteiger partial charge in [0.25, 0.3) is 0 Å². The molecule has 5 heteroatoms. The molecule has 0 aromatic carbocycles. The molecule has 2 heterocycles. The van der Waals surface area contributed by atoms with E-state index in [0.717, 1.165) is 51.9 Å². The van der Waals surface area contributed by atoms with Crippen LogP contribution in [0.2, 0.25) is 0 Å². The second-order valence-electron chi connectivity index (χ2n) is 5.65. The van der Waals surface area contributed by atoms with Crippen molar-refractivity contribution in [2.45, 2.75) is 37.6 Å². The summed E-state index contributed by atoms with van der Waals surface area (Å²) in [5.41, 5.74) is -0.0645. The number of hydrogen-bond acceptors (Lipinski definition) is 3. The number of alkyl halides is 1. The van der Waals surface area contributed by atoms with Crippen molar-refractivity contribution in [3.05, 3.63) is 0 Å². The van der Waals surface area contributed by atoms with Gasteiger partial charge in [0.15, 0.2) is 0 Å². The van der Waals surface area contributed by atoms with Gasteiger partial charge in [0.05, 0.1) is 6.61 Å². The van der Waals surface area contributed by atoms with Gasteiger partial charge in [-0.1, -0.05) is 0 Å². The van der Waals surface area contributed by atoms with E-state index in [-0.39, 0.29) is 18.0 Å². The molecule has 1 atom stereocenters. The molecule has 0 aliphatic carbocycles. The Morgan fingerprint density at radius 1 is 1.26 bits per heavy atom. The number of nitrogens with zero attached hydrogens (tertiary/aromatic N) is 2. The van der Waals surface area contributed by atoms with E-state index in [1.54, 1.807) is 7.11 Å². The average Bonchev–Trinajstić information content (AvgIpc) is 2.61. The number of ether oxygens (including phenoxy) is 1. The third-order valence-corrected chi connectivity index (χ3v) is 4.61. The maximum absolute atomic E-state index is 12.7. The smallest absolute Gasteiger partial charge is 0.223 e. The van der Waals surface area contributed by atoms with Crippen LogP contribution >= 0.6 is 0 Å². The van der Waals surface area contributed by atoms with E-state index >= 15 is 0 Å². The second-order valence-corrected chi connectivity index (χ2v) is 5.65. The summed E-state index contributed by atoms with van der Waals surface area (Å²) >= 11 is 0. The predicted molar refractivity (Wildman–Crippen MR) is 71.8 cm³/mol. The average molecular weight is 272 g/mol. The van der Waals surface area contributed by atoms with E-state index < -0.39 is 6.67 Å². The number of likely N-dealkylation sites (tertiary alicyclic amines) is 2. The fraction of sp³-hybridized carbons (Fsp3) is 0.929. The zero-order valence-electron chi connectivity index (χ0n) is 11.9. The molecule has 0 aromatic rings. The van der Waals surface area contributed by atoms with Gasteiger partial charge in [-0.2, -0.15) is 0 Å². The molecule has 1 amide bonds. The molecule has 2 fully saturated rings. The molecule has 0 N–H and O–H groups in total. The molecule has 1 unspecified atom stereocenters. The minimum absolute atomic E-state index is 0.0645. The van der Waals surface area contributed by atoms with Crippen LogP contribution in [0.25, 0.3) is 0 Å². The summed E-state index contributed by atoms with van der Waals surface area (Å²) in [5.74, 6) is 0.142. The summed E-state index contributed by atoms with van der Waals surface area (Å²) in [6, 6.07) is 0. The molecule has 1 spiro atoms. The number of hydrogen-bond donors (Lipinski definition) is 0. The number of rotatable bonds is 5. The van der Waals surface area contributed by atoms with Crippen LogP contribution in [0.1, 0.15) is 32.1 Å². The van der Waals surface area contributed by atoms with Crippen molar-refractivity contribution >= 4 is 5.91 Å². The van der Waals surface area contributed by atoms with Crippen molar-refractivity contribution in [2.75, 3.05) is 46.6 Å². The van der Waals surface area contributed by atoms with E-state index in [4.69, 9.17) is 4.74 Å². The first-order valence-electron chi connectivity index (χ1n) is 7.29. The monoisotopic (exact) mass is 272 g/mol. The summed E-state index contributed by atoms with van der Waals surface area (Å²) in [6.07, 6.45) is 4.58. The molecule has 0 saturated carbocycles. The van der Waals surface area contributed by atoms with Gasteiger partial charge < -0.3 is 14.5 Å². The number of carbonyl (C=O) groups excluding carboxylic acids is 1. The Morgan fingerprint density at radius 2 is 2.11 bits per heavy atom. The summed E-state index contributed by atoms with van der Waals surface area (Å²) in [7, 11) is 1.72. The number of methoxy groups -OCH3 is 1. The van der Waals surface area contributed by atoms with Gasteiger partial charge in [0.2, 0.25) is 5.91 Å². The second kappa shape index (κ2) is 6.66. The summed E-state index contributed by atoms with van der Waals surface area (Å²) in [4.78, 5) is 16.2. The van der Waals surface area contributed by atoms with E-state index in [0.29, 0.717) is 6.42 Å². The zero-order chi connectivity index (χ0) is 13.7. The quantitative estimate of drug-likeness (QED) is 0.759. The lowest BCUT2D eigenvalue weighted by Crippen LogP contribution is -2.47. The van der Waals surface area contributed by atoms with E-state index in [9.17, 15) is 9.18 Å². The summed E-state index contributed by atoms with van der Waals surface area (Å²) in [5, 5.41) is 0. The molecular formula is C14H25FN2O2. The lowest BCUT2D eigenvalue weighted by atomic mass is 9.88. The fourth-order valence-corrected chi connectivity index (χ4v) is 3.52. The zero-order valence-corrected chi connectivity index (χ0v) is 11.9. The van der Waals surface area contributed by atoms with Crippen molar-refractivity contribution in [3.8, 4) is 0 Å².